The Morgan fingerprint density at radius 2 is 2.15 bits per heavy atom. The van der Waals surface area contributed by atoms with Crippen molar-refractivity contribution in [1.82, 2.24) is 15.2 Å². The largest absolute Gasteiger partial charge is 0.352 e. The molecule has 5 heteroatoms. The van der Waals surface area contributed by atoms with E-state index in [9.17, 15) is 4.79 Å². The maximum absolute atomic E-state index is 11.9. The number of allylic oxidation sites excluding steroid dienone is 3. The highest BCUT2D eigenvalue weighted by Crippen LogP contribution is 2.25. The molecule has 0 saturated heterocycles. The number of aromatic nitrogens is 1. The summed E-state index contributed by atoms with van der Waals surface area (Å²) in [6.07, 6.45) is 6.17. The Hall–Kier alpha value is -1.46. The molecule has 0 bridgehead atoms. The van der Waals surface area contributed by atoms with Gasteiger partial charge in [0.2, 0.25) is 0 Å². The Morgan fingerprint density at radius 3 is 2.70 bits per heavy atom. The maximum atomic E-state index is 11.9. The molecule has 1 aromatic rings. The van der Waals surface area contributed by atoms with Gasteiger partial charge in [-0.15, -0.1) is 11.3 Å². The molecule has 1 heterocycles. The summed E-state index contributed by atoms with van der Waals surface area (Å²) in [7, 11) is 4.06. The zero-order valence-electron chi connectivity index (χ0n) is 12.9. The molecule has 0 fully saturated rings. The molecule has 4 nitrogen and oxygen atoms in total. The summed E-state index contributed by atoms with van der Waals surface area (Å²) in [6.45, 7) is 7.28. The van der Waals surface area contributed by atoms with Crippen LogP contribution in [0.2, 0.25) is 0 Å². The van der Waals surface area contributed by atoms with Crippen molar-refractivity contribution in [3.05, 3.63) is 33.8 Å². The number of hydrogen-bond donors (Lipinski definition) is 1. The Labute approximate surface area is 125 Å². The molecule has 0 unspecified atom stereocenters. The molecule has 0 saturated carbocycles. The summed E-state index contributed by atoms with van der Waals surface area (Å²) in [6, 6.07) is 0. The fourth-order valence-corrected chi connectivity index (χ4v) is 2.69. The lowest BCUT2D eigenvalue weighted by Gasteiger charge is -2.04. The summed E-state index contributed by atoms with van der Waals surface area (Å²) in [5.74, 6) is -0.0403. The quantitative estimate of drug-likeness (QED) is 0.820. The van der Waals surface area contributed by atoms with Gasteiger partial charge in [-0.2, -0.15) is 0 Å². The van der Waals surface area contributed by atoms with Crippen LogP contribution in [0.15, 0.2) is 18.2 Å². The predicted octanol–water partition coefficient (Wildman–Crippen LogP) is 2.72. The van der Waals surface area contributed by atoms with Crippen molar-refractivity contribution < 1.29 is 4.79 Å². The third-order valence-corrected chi connectivity index (χ3v) is 3.87. The average Bonchev–Trinajstić information content (AvgIpc) is 2.76. The molecule has 0 aliphatic rings. The summed E-state index contributed by atoms with van der Waals surface area (Å²) in [4.78, 5) is 19.2. The van der Waals surface area contributed by atoms with Gasteiger partial charge in [0.15, 0.2) is 0 Å². The van der Waals surface area contributed by atoms with Gasteiger partial charge < -0.3 is 10.2 Å². The molecule has 20 heavy (non-hydrogen) atoms. The smallest absolute Gasteiger partial charge is 0.263 e. The van der Waals surface area contributed by atoms with Gasteiger partial charge in [-0.3, -0.25) is 4.79 Å². The number of hydrogen-bond acceptors (Lipinski definition) is 4. The van der Waals surface area contributed by atoms with Gasteiger partial charge in [-0.05, 0) is 34.9 Å². The van der Waals surface area contributed by atoms with E-state index >= 15 is 0 Å². The van der Waals surface area contributed by atoms with Crippen molar-refractivity contribution >= 4 is 22.8 Å². The van der Waals surface area contributed by atoms with Gasteiger partial charge in [0, 0.05) is 18.7 Å². The molecule has 0 radical (unpaired) electrons. The number of nitrogens with one attached hydrogen (secondary N) is 1. The zero-order chi connectivity index (χ0) is 15.1. The Bertz CT molecular complexity index is 515. The van der Waals surface area contributed by atoms with Crippen LogP contribution < -0.4 is 5.32 Å². The normalized spacial score (nSPS) is 12.4. The van der Waals surface area contributed by atoms with E-state index in [1.165, 1.54) is 11.3 Å². The number of rotatable bonds is 6. The minimum Gasteiger partial charge on any atom is -0.352 e. The molecule has 1 N–H and O–H groups in total. The SMILES string of the molecule is C/C=C(\C=C/CN(C)C)c1nc(C)c(C(=O)NCC)s1. The third kappa shape index (κ3) is 4.58. The van der Waals surface area contributed by atoms with Crippen LogP contribution in [0.4, 0.5) is 0 Å². The van der Waals surface area contributed by atoms with Crippen molar-refractivity contribution in [1.29, 1.82) is 0 Å². The van der Waals surface area contributed by atoms with Gasteiger partial charge in [0.1, 0.15) is 9.88 Å². The molecule has 0 aliphatic carbocycles. The number of likely N-dealkylation sites (N-methyl/N-ethyl adjacent to an activating group) is 1. The first-order valence-corrected chi connectivity index (χ1v) is 7.54. The number of aryl methyl sites for hydroxylation is 1. The molecule has 110 valence electrons. The van der Waals surface area contributed by atoms with Crippen LogP contribution in [0.25, 0.3) is 5.57 Å². The highest BCUT2D eigenvalue weighted by atomic mass is 32.1. The second kappa shape index (κ2) is 7.97. The topological polar surface area (TPSA) is 45.2 Å². The monoisotopic (exact) mass is 293 g/mol. The van der Waals surface area contributed by atoms with Crippen LogP contribution in [-0.2, 0) is 0 Å². The molecule has 1 rings (SSSR count). The number of carbonyl (C=O) groups is 1. The van der Waals surface area contributed by atoms with Crippen molar-refractivity contribution in [2.75, 3.05) is 27.2 Å². The average molecular weight is 293 g/mol. The van der Waals surface area contributed by atoms with Gasteiger partial charge in [-0.25, -0.2) is 4.98 Å². The first kappa shape index (κ1) is 16.6. The third-order valence-electron chi connectivity index (χ3n) is 2.67. The van der Waals surface area contributed by atoms with Crippen molar-refractivity contribution in [3.8, 4) is 0 Å². The van der Waals surface area contributed by atoms with Crippen LogP contribution in [0.3, 0.4) is 0 Å². The van der Waals surface area contributed by atoms with Gasteiger partial charge in [0.25, 0.3) is 5.91 Å². The number of nitrogens with zero attached hydrogens (tertiary/aromatic N) is 2. The molecule has 1 aromatic heterocycles. The van der Waals surface area contributed by atoms with Crippen molar-refractivity contribution in [3.63, 3.8) is 0 Å². The van der Waals surface area contributed by atoms with E-state index in [-0.39, 0.29) is 5.91 Å². The van der Waals surface area contributed by atoms with E-state index in [0.717, 1.165) is 22.8 Å². The van der Waals surface area contributed by atoms with E-state index in [2.05, 4.69) is 27.4 Å². The number of carbonyl (C=O) groups excluding carboxylic acids is 1. The highest BCUT2D eigenvalue weighted by Gasteiger charge is 2.15. The molecule has 1 amide bonds. The standard InChI is InChI=1S/C15H23N3OS/c1-6-12(9-8-10-18(4)5)15-17-11(3)13(20-15)14(19)16-7-2/h6,8-9H,7,10H2,1-5H3,(H,16,19)/b9-8-,12-6+. The van der Waals surface area contributed by atoms with Crippen LogP contribution >= 0.6 is 11.3 Å². The van der Waals surface area contributed by atoms with E-state index in [1.54, 1.807) is 0 Å². The summed E-state index contributed by atoms with van der Waals surface area (Å²) in [5, 5.41) is 3.71. The molecular formula is C15H23N3OS. The molecule has 0 aromatic carbocycles. The summed E-state index contributed by atoms with van der Waals surface area (Å²) in [5.41, 5.74) is 1.84. The molecule has 0 aliphatic heterocycles. The molecule has 0 spiro atoms. The van der Waals surface area contributed by atoms with E-state index < -0.39 is 0 Å². The van der Waals surface area contributed by atoms with Crippen LogP contribution in [0, 0.1) is 6.92 Å². The molecule has 0 atom stereocenters. The first-order chi connectivity index (χ1) is 9.49. The summed E-state index contributed by atoms with van der Waals surface area (Å²) < 4.78 is 0. The molecular weight excluding hydrogens is 270 g/mol. The van der Waals surface area contributed by atoms with Crippen LogP contribution in [0.1, 0.15) is 34.2 Å². The van der Waals surface area contributed by atoms with Crippen molar-refractivity contribution in [2.45, 2.75) is 20.8 Å². The van der Waals surface area contributed by atoms with Crippen LogP contribution in [-0.4, -0.2) is 43.0 Å². The zero-order valence-corrected chi connectivity index (χ0v) is 13.7. The first-order valence-electron chi connectivity index (χ1n) is 6.73. The number of amides is 1. The minimum atomic E-state index is -0.0403. The van der Waals surface area contributed by atoms with Gasteiger partial charge in [-0.1, -0.05) is 18.2 Å². The Kier molecular flexibility index (Phi) is 6.61. The van der Waals surface area contributed by atoms with E-state index in [4.69, 9.17) is 0 Å². The summed E-state index contributed by atoms with van der Waals surface area (Å²) >= 11 is 1.44. The second-order valence-corrected chi connectivity index (χ2v) is 5.70. The van der Waals surface area contributed by atoms with Gasteiger partial charge in [0.05, 0.1) is 5.69 Å². The minimum absolute atomic E-state index is 0.0403. The fraction of sp³-hybridized carbons (Fsp3) is 0.467. The Morgan fingerprint density at radius 1 is 1.45 bits per heavy atom. The lowest BCUT2D eigenvalue weighted by molar-refractivity contribution is 0.0959. The second-order valence-electron chi connectivity index (χ2n) is 4.70. The predicted molar refractivity (Wildman–Crippen MR) is 86.2 cm³/mol. The van der Waals surface area contributed by atoms with Gasteiger partial charge >= 0.3 is 0 Å². The van der Waals surface area contributed by atoms with E-state index in [0.29, 0.717) is 11.4 Å². The van der Waals surface area contributed by atoms with Crippen molar-refractivity contribution in [2.24, 2.45) is 0 Å². The fourth-order valence-electron chi connectivity index (χ4n) is 1.65. The lowest BCUT2D eigenvalue weighted by atomic mass is 10.2. The highest BCUT2D eigenvalue weighted by molar-refractivity contribution is 7.14. The Balaban J connectivity index is 2.93. The maximum Gasteiger partial charge on any atom is 0.263 e. The number of thiazole rings is 1. The lowest BCUT2D eigenvalue weighted by Crippen LogP contribution is -2.22. The van der Waals surface area contributed by atoms with Crippen LogP contribution in [0.5, 0.6) is 0 Å². The van der Waals surface area contributed by atoms with E-state index in [1.807, 2.05) is 40.9 Å².